The van der Waals surface area contributed by atoms with Crippen molar-refractivity contribution >= 4 is 17.8 Å². The molecule has 7 nitrogen and oxygen atoms in total. The molecule has 154 valence electrons. The Labute approximate surface area is 167 Å². The standard InChI is InChI=1S/C21H31N3O4/c1-3-17(21(27)28-4-2)14-23-20(26)18-6-5-13-24(15-18)19(25)8-7-16-9-11-22-12-10-16/h1,9,17-18,22H,4-8,10-15H2,2H3,(H,23,26)/t17-,18+/m0/s1. The highest BCUT2D eigenvalue weighted by atomic mass is 16.5. The van der Waals surface area contributed by atoms with Crippen LogP contribution in [0.25, 0.3) is 0 Å². The molecule has 0 aliphatic carbocycles. The number of rotatable bonds is 8. The monoisotopic (exact) mass is 389 g/mol. The number of esters is 1. The molecule has 2 N–H and O–H groups in total. The van der Waals surface area contributed by atoms with Crippen LogP contribution >= 0.6 is 0 Å². The van der Waals surface area contributed by atoms with E-state index in [1.165, 1.54) is 5.57 Å². The fraction of sp³-hybridized carbons (Fsp3) is 0.667. The van der Waals surface area contributed by atoms with E-state index >= 15 is 0 Å². The molecule has 0 unspecified atom stereocenters. The van der Waals surface area contributed by atoms with E-state index in [0.717, 1.165) is 38.8 Å². The Morgan fingerprint density at radius 3 is 2.96 bits per heavy atom. The number of terminal acetylenes is 1. The summed E-state index contributed by atoms with van der Waals surface area (Å²) in [6.07, 6.45) is 11.3. The van der Waals surface area contributed by atoms with Gasteiger partial charge in [-0.1, -0.05) is 17.6 Å². The Balaban J connectivity index is 1.78. The van der Waals surface area contributed by atoms with Crippen LogP contribution in [0.5, 0.6) is 0 Å². The van der Waals surface area contributed by atoms with Crippen LogP contribution in [0.2, 0.25) is 0 Å². The quantitative estimate of drug-likeness (QED) is 0.365. The van der Waals surface area contributed by atoms with Gasteiger partial charge in [0.05, 0.1) is 12.5 Å². The summed E-state index contributed by atoms with van der Waals surface area (Å²) in [5.74, 6) is 0.737. The first kappa shape index (κ1) is 22.0. The number of carbonyl (C=O) groups is 3. The molecule has 0 aromatic carbocycles. The minimum atomic E-state index is -0.788. The predicted octanol–water partition coefficient (Wildman–Crippen LogP) is 0.854. The topological polar surface area (TPSA) is 87.7 Å². The number of nitrogens with zero attached hydrogens (tertiary/aromatic N) is 1. The minimum absolute atomic E-state index is 0.0564. The smallest absolute Gasteiger partial charge is 0.322 e. The van der Waals surface area contributed by atoms with Crippen LogP contribution < -0.4 is 10.6 Å². The second-order valence-electron chi connectivity index (χ2n) is 7.21. The molecule has 7 heteroatoms. The lowest BCUT2D eigenvalue weighted by Crippen LogP contribution is -2.46. The summed E-state index contributed by atoms with van der Waals surface area (Å²) < 4.78 is 4.90. The highest BCUT2D eigenvalue weighted by molar-refractivity contribution is 5.82. The average molecular weight is 389 g/mol. The normalized spacial score (nSPS) is 20.5. The Bertz CT molecular complexity index is 638. The van der Waals surface area contributed by atoms with Crippen LogP contribution in [0.1, 0.15) is 39.0 Å². The van der Waals surface area contributed by atoms with Crippen molar-refractivity contribution in [3.63, 3.8) is 0 Å². The van der Waals surface area contributed by atoms with E-state index in [0.29, 0.717) is 19.5 Å². The van der Waals surface area contributed by atoms with Gasteiger partial charge in [0.1, 0.15) is 5.92 Å². The first-order chi connectivity index (χ1) is 13.5. The van der Waals surface area contributed by atoms with E-state index in [2.05, 4.69) is 22.6 Å². The van der Waals surface area contributed by atoms with Gasteiger partial charge in [0, 0.05) is 32.6 Å². The minimum Gasteiger partial charge on any atom is -0.465 e. The molecule has 2 heterocycles. The SMILES string of the molecule is C#C[C@@H](CNC(=O)[C@@H]1CCCN(C(=O)CCC2=CCNCC2)C1)C(=O)OCC. The second-order valence-corrected chi connectivity index (χ2v) is 7.21. The molecule has 0 saturated carbocycles. The van der Waals surface area contributed by atoms with Crippen LogP contribution in [-0.4, -0.2) is 62.0 Å². The summed E-state index contributed by atoms with van der Waals surface area (Å²) in [6, 6.07) is 0. The van der Waals surface area contributed by atoms with Crippen molar-refractivity contribution in [3.8, 4) is 12.3 Å². The van der Waals surface area contributed by atoms with Crippen molar-refractivity contribution in [1.82, 2.24) is 15.5 Å². The molecule has 1 saturated heterocycles. The van der Waals surface area contributed by atoms with Gasteiger partial charge in [-0.2, -0.15) is 0 Å². The molecule has 0 bridgehead atoms. The molecule has 2 rings (SSSR count). The lowest BCUT2D eigenvalue weighted by molar-refractivity contribution is -0.145. The number of ether oxygens (including phenoxy) is 1. The van der Waals surface area contributed by atoms with Gasteiger partial charge in [-0.3, -0.25) is 14.4 Å². The third-order valence-electron chi connectivity index (χ3n) is 5.22. The fourth-order valence-electron chi connectivity index (χ4n) is 3.54. The first-order valence-corrected chi connectivity index (χ1v) is 10.1. The molecular weight excluding hydrogens is 358 g/mol. The van der Waals surface area contributed by atoms with Gasteiger partial charge in [-0.15, -0.1) is 6.42 Å². The van der Waals surface area contributed by atoms with E-state index in [1.54, 1.807) is 11.8 Å². The van der Waals surface area contributed by atoms with Gasteiger partial charge >= 0.3 is 5.97 Å². The zero-order valence-electron chi connectivity index (χ0n) is 16.7. The molecule has 2 aliphatic rings. The number of hydrogen-bond acceptors (Lipinski definition) is 5. The summed E-state index contributed by atoms with van der Waals surface area (Å²) in [5.41, 5.74) is 1.33. The van der Waals surface area contributed by atoms with E-state index in [-0.39, 0.29) is 30.9 Å². The van der Waals surface area contributed by atoms with Crippen LogP contribution in [0, 0.1) is 24.2 Å². The fourth-order valence-corrected chi connectivity index (χ4v) is 3.54. The van der Waals surface area contributed by atoms with Gasteiger partial charge < -0.3 is 20.3 Å². The molecule has 0 spiro atoms. The Hall–Kier alpha value is -2.33. The van der Waals surface area contributed by atoms with Crippen LogP contribution in [-0.2, 0) is 19.1 Å². The molecule has 2 atom stereocenters. The van der Waals surface area contributed by atoms with E-state index < -0.39 is 11.9 Å². The summed E-state index contributed by atoms with van der Waals surface area (Å²) in [6.45, 7) is 4.97. The average Bonchev–Trinajstić information content (AvgIpc) is 2.73. The molecular formula is C21H31N3O4. The number of carbonyl (C=O) groups excluding carboxylic acids is 3. The van der Waals surface area contributed by atoms with Crippen LogP contribution in [0.3, 0.4) is 0 Å². The van der Waals surface area contributed by atoms with Crippen molar-refractivity contribution in [1.29, 1.82) is 0 Å². The molecule has 0 radical (unpaired) electrons. The molecule has 0 aromatic heterocycles. The first-order valence-electron chi connectivity index (χ1n) is 10.1. The number of likely N-dealkylation sites (tertiary alicyclic amines) is 1. The third kappa shape index (κ3) is 6.68. The van der Waals surface area contributed by atoms with Gasteiger partial charge in [0.15, 0.2) is 0 Å². The van der Waals surface area contributed by atoms with Gasteiger partial charge in [0.25, 0.3) is 0 Å². The lowest BCUT2D eigenvalue weighted by Gasteiger charge is -2.32. The van der Waals surface area contributed by atoms with Gasteiger partial charge in [-0.25, -0.2) is 0 Å². The number of hydrogen-bond donors (Lipinski definition) is 2. The van der Waals surface area contributed by atoms with Crippen molar-refractivity contribution < 1.29 is 19.1 Å². The Kier molecular flexibility index (Phi) is 9.02. The van der Waals surface area contributed by atoms with Crippen molar-refractivity contribution in [2.75, 3.05) is 39.3 Å². The number of piperidine rings is 1. The van der Waals surface area contributed by atoms with Gasteiger partial charge in [0.2, 0.25) is 11.8 Å². The Morgan fingerprint density at radius 1 is 1.46 bits per heavy atom. The van der Waals surface area contributed by atoms with Crippen molar-refractivity contribution in [2.45, 2.75) is 39.0 Å². The molecule has 2 aliphatic heterocycles. The Morgan fingerprint density at radius 2 is 2.29 bits per heavy atom. The summed E-state index contributed by atoms with van der Waals surface area (Å²) in [7, 11) is 0. The zero-order valence-corrected chi connectivity index (χ0v) is 16.7. The highest BCUT2D eigenvalue weighted by Gasteiger charge is 2.29. The summed E-state index contributed by atoms with van der Waals surface area (Å²) >= 11 is 0. The van der Waals surface area contributed by atoms with E-state index in [1.807, 2.05) is 0 Å². The van der Waals surface area contributed by atoms with Crippen molar-refractivity contribution in [2.24, 2.45) is 11.8 Å². The maximum atomic E-state index is 12.5. The molecule has 2 amide bonds. The highest BCUT2D eigenvalue weighted by Crippen LogP contribution is 2.19. The van der Waals surface area contributed by atoms with E-state index in [9.17, 15) is 14.4 Å². The van der Waals surface area contributed by atoms with Crippen LogP contribution in [0.15, 0.2) is 11.6 Å². The van der Waals surface area contributed by atoms with Gasteiger partial charge in [-0.05, 0) is 39.2 Å². The molecule has 28 heavy (non-hydrogen) atoms. The van der Waals surface area contributed by atoms with Crippen molar-refractivity contribution in [3.05, 3.63) is 11.6 Å². The lowest BCUT2D eigenvalue weighted by atomic mass is 9.96. The number of nitrogens with one attached hydrogen (secondary N) is 2. The maximum Gasteiger partial charge on any atom is 0.322 e. The van der Waals surface area contributed by atoms with E-state index in [4.69, 9.17) is 11.2 Å². The van der Waals surface area contributed by atoms with Crippen LogP contribution in [0.4, 0.5) is 0 Å². The summed E-state index contributed by atoms with van der Waals surface area (Å²) in [5, 5.41) is 6.01. The zero-order chi connectivity index (χ0) is 20.4. The predicted molar refractivity (Wildman–Crippen MR) is 106 cm³/mol. The largest absolute Gasteiger partial charge is 0.465 e. The second kappa shape index (κ2) is 11.5. The number of amides is 2. The molecule has 1 fully saturated rings. The maximum absolute atomic E-state index is 12.5. The third-order valence-corrected chi connectivity index (χ3v) is 5.22. The molecule has 0 aromatic rings. The summed E-state index contributed by atoms with van der Waals surface area (Å²) in [4.78, 5) is 38.6.